The summed E-state index contributed by atoms with van der Waals surface area (Å²) in [5, 5.41) is 21.8. The van der Waals surface area contributed by atoms with Crippen molar-refractivity contribution in [1.29, 1.82) is 0 Å². The van der Waals surface area contributed by atoms with Gasteiger partial charge in [0.1, 0.15) is 5.76 Å². The Balaban J connectivity index is 2.53. The van der Waals surface area contributed by atoms with Crippen LogP contribution >= 0.6 is 0 Å². The zero-order chi connectivity index (χ0) is 16.3. The molecule has 1 aliphatic rings. The first-order valence-corrected chi connectivity index (χ1v) is 7.23. The van der Waals surface area contributed by atoms with Crippen LogP contribution in [-0.4, -0.2) is 21.4 Å². The summed E-state index contributed by atoms with van der Waals surface area (Å²) in [7, 11) is 0. The zero-order valence-corrected chi connectivity index (χ0v) is 12.7. The SMILES string of the molecule is CCC(=O)C1=C(O)/C(=C\c2ccccc2)CC(C)([N+](=O)[O-])C1. The van der Waals surface area contributed by atoms with Gasteiger partial charge in [0.25, 0.3) is 0 Å². The Morgan fingerprint density at radius 2 is 2.00 bits per heavy atom. The molecule has 0 saturated carbocycles. The molecule has 0 saturated heterocycles. The van der Waals surface area contributed by atoms with Crippen LogP contribution in [0.3, 0.4) is 0 Å². The average Bonchev–Trinajstić information content (AvgIpc) is 2.50. The highest BCUT2D eigenvalue weighted by molar-refractivity contribution is 5.97. The highest BCUT2D eigenvalue weighted by Gasteiger charge is 2.45. The topological polar surface area (TPSA) is 80.4 Å². The number of nitro groups is 1. The summed E-state index contributed by atoms with van der Waals surface area (Å²) in [6.07, 6.45) is 1.98. The lowest BCUT2D eigenvalue weighted by Gasteiger charge is -2.28. The van der Waals surface area contributed by atoms with Gasteiger partial charge >= 0.3 is 0 Å². The molecule has 0 aromatic heterocycles. The maximum Gasteiger partial charge on any atom is 0.227 e. The number of nitrogens with zero attached hydrogens (tertiary/aromatic N) is 1. The fourth-order valence-corrected chi connectivity index (χ4v) is 2.66. The molecule has 116 valence electrons. The number of rotatable bonds is 4. The van der Waals surface area contributed by atoms with E-state index in [2.05, 4.69) is 0 Å². The Bertz CT molecular complexity index is 660. The number of hydrogen-bond donors (Lipinski definition) is 1. The van der Waals surface area contributed by atoms with Gasteiger partial charge in [-0.15, -0.1) is 0 Å². The Kier molecular flexibility index (Phi) is 4.45. The van der Waals surface area contributed by atoms with Crippen molar-refractivity contribution in [3.8, 4) is 0 Å². The highest BCUT2D eigenvalue weighted by atomic mass is 16.6. The van der Waals surface area contributed by atoms with Gasteiger partial charge < -0.3 is 5.11 Å². The van der Waals surface area contributed by atoms with E-state index in [0.717, 1.165) is 5.56 Å². The van der Waals surface area contributed by atoms with E-state index >= 15 is 0 Å². The third kappa shape index (κ3) is 3.08. The second kappa shape index (κ2) is 6.13. The average molecular weight is 301 g/mol. The Labute approximate surface area is 129 Å². The van der Waals surface area contributed by atoms with E-state index < -0.39 is 5.54 Å². The fourth-order valence-electron chi connectivity index (χ4n) is 2.66. The maximum atomic E-state index is 12.0. The number of Topliss-reactive ketones (excluding diaryl/α,β-unsaturated/α-hetero) is 1. The Morgan fingerprint density at radius 1 is 1.36 bits per heavy atom. The molecule has 0 bridgehead atoms. The molecule has 1 unspecified atom stereocenters. The van der Waals surface area contributed by atoms with Gasteiger partial charge in [0.15, 0.2) is 5.78 Å². The quantitative estimate of drug-likeness (QED) is 0.679. The van der Waals surface area contributed by atoms with E-state index in [1.165, 1.54) is 6.92 Å². The number of hydrogen-bond acceptors (Lipinski definition) is 4. The normalized spacial score (nSPS) is 23.6. The monoisotopic (exact) mass is 301 g/mol. The van der Waals surface area contributed by atoms with Crippen LogP contribution in [0.5, 0.6) is 0 Å². The molecule has 1 aromatic carbocycles. The number of ketones is 1. The van der Waals surface area contributed by atoms with Crippen molar-refractivity contribution < 1.29 is 14.8 Å². The molecule has 0 aliphatic heterocycles. The lowest BCUT2D eigenvalue weighted by atomic mass is 9.77. The number of carbonyl (C=O) groups is 1. The van der Waals surface area contributed by atoms with Gasteiger partial charge in [0.2, 0.25) is 5.54 Å². The van der Waals surface area contributed by atoms with Crippen molar-refractivity contribution in [2.45, 2.75) is 38.6 Å². The molecular formula is C17H19NO4. The summed E-state index contributed by atoms with van der Waals surface area (Å²) in [6, 6.07) is 9.26. The van der Waals surface area contributed by atoms with Crippen LogP contribution in [0.4, 0.5) is 0 Å². The molecule has 0 fully saturated rings. The fraction of sp³-hybridized carbons (Fsp3) is 0.353. The van der Waals surface area contributed by atoms with Gasteiger partial charge in [-0.05, 0) is 11.6 Å². The maximum absolute atomic E-state index is 12.0. The number of carbonyl (C=O) groups excluding carboxylic acids is 1. The molecule has 0 spiro atoms. The van der Waals surface area contributed by atoms with Crippen molar-refractivity contribution in [2.75, 3.05) is 0 Å². The van der Waals surface area contributed by atoms with E-state index in [9.17, 15) is 20.0 Å². The Morgan fingerprint density at radius 3 is 2.55 bits per heavy atom. The highest BCUT2D eigenvalue weighted by Crippen LogP contribution is 2.38. The molecule has 0 amide bonds. The number of allylic oxidation sites excluding steroid dienone is 1. The number of aliphatic hydroxyl groups is 1. The summed E-state index contributed by atoms with van der Waals surface area (Å²) in [6.45, 7) is 3.20. The first-order chi connectivity index (χ1) is 10.4. The van der Waals surface area contributed by atoms with Crippen LogP contribution in [0, 0.1) is 10.1 Å². The van der Waals surface area contributed by atoms with Gasteiger partial charge in [-0.2, -0.15) is 0 Å². The second-order valence-electron chi connectivity index (χ2n) is 5.79. The van der Waals surface area contributed by atoms with Gasteiger partial charge in [-0.25, -0.2) is 0 Å². The van der Waals surface area contributed by atoms with E-state index in [1.807, 2.05) is 30.3 Å². The number of aliphatic hydroxyl groups excluding tert-OH is 1. The molecular weight excluding hydrogens is 282 g/mol. The third-order valence-corrected chi connectivity index (χ3v) is 3.96. The van der Waals surface area contributed by atoms with Crippen molar-refractivity contribution in [1.82, 2.24) is 0 Å². The largest absolute Gasteiger partial charge is 0.507 e. The lowest BCUT2D eigenvalue weighted by molar-refractivity contribution is -0.565. The lowest BCUT2D eigenvalue weighted by Crippen LogP contribution is -2.39. The van der Waals surface area contributed by atoms with Gasteiger partial charge in [-0.1, -0.05) is 37.3 Å². The van der Waals surface area contributed by atoms with Gasteiger partial charge in [0, 0.05) is 35.8 Å². The van der Waals surface area contributed by atoms with E-state index in [-0.39, 0.29) is 41.3 Å². The third-order valence-electron chi connectivity index (χ3n) is 3.96. The smallest absolute Gasteiger partial charge is 0.227 e. The standard InChI is InChI=1S/C17H19NO4/c1-3-15(19)14-11-17(2,18(21)22)10-13(16(14)20)9-12-7-5-4-6-8-12/h4-9,20H,3,10-11H2,1-2H3/b13-9-. The number of benzene rings is 1. The van der Waals surface area contributed by atoms with Crippen molar-refractivity contribution in [3.05, 3.63) is 62.9 Å². The molecule has 1 aliphatic carbocycles. The van der Waals surface area contributed by atoms with Crippen LogP contribution < -0.4 is 0 Å². The van der Waals surface area contributed by atoms with Crippen molar-refractivity contribution in [3.63, 3.8) is 0 Å². The second-order valence-corrected chi connectivity index (χ2v) is 5.79. The minimum atomic E-state index is -1.27. The van der Waals surface area contributed by atoms with Crippen molar-refractivity contribution in [2.24, 2.45) is 0 Å². The van der Waals surface area contributed by atoms with Crippen molar-refractivity contribution >= 4 is 11.9 Å². The minimum absolute atomic E-state index is 0.0371. The molecule has 1 N–H and O–H groups in total. The van der Waals surface area contributed by atoms with Crippen LogP contribution in [0.2, 0.25) is 0 Å². The molecule has 0 heterocycles. The predicted octanol–water partition coefficient (Wildman–Crippen LogP) is 3.69. The first kappa shape index (κ1) is 15.9. The molecule has 22 heavy (non-hydrogen) atoms. The van der Waals surface area contributed by atoms with E-state index in [4.69, 9.17) is 0 Å². The molecule has 2 rings (SSSR count). The molecule has 5 nitrogen and oxygen atoms in total. The summed E-state index contributed by atoms with van der Waals surface area (Å²) < 4.78 is 0. The zero-order valence-electron chi connectivity index (χ0n) is 12.7. The van der Waals surface area contributed by atoms with Crippen LogP contribution in [0.1, 0.15) is 38.7 Å². The molecule has 1 aromatic rings. The summed E-state index contributed by atoms with van der Waals surface area (Å²) >= 11 is 0. The molecule has 5 heteroatoms. The summed E-state index contributed by atoms with van der Waals surface area (Å²) in [4.78, 5) is 23.1. The minimum Gasteiger partial charge on any atom is -0.507 e. The van der Waals surface area contributed by atoms with Crippen LogP contribution in [0.15, 0.2) is 47.2 Å². The first-order valence-electron chi connectivity index (χ1n) is 7.23. The summed E-state index contributed by atoms with van der Waals surface area (Å²) in [5.41, 5.74) is 0.163. The van der Waals surface area contributed by atoms with E-state index in [0.29, 0.717) is 5.57 Å². The van der Waals surface area contributed by atoms with Crippen LogP contribution in [0.25, 0.3) is 6.08 Å². The molecule has 1 atom stereocenters. The molecule has 0 radical (unpaired) electrons. The van der Waals surface area contributed by atoms with Gasteiger partial charge in [-0.3, -0.25) is 14.9 Å². The predicted molar refractivity (Wildman–Crippen MR) is 84.0 cm³/mol. The van der Waals surface area contributed by atoms with Gasteiger partial charge in [0.05, 0.1) is 6.42 Å². The summed E-state index contributed by atoms with van der Waals surface area (Å²) in [5.74, 6) is -0.348. The Hall–Kier alpha value is -2.43. The van der Waals surface area contributed by atoms with E-state index in [1.54, 1.807) is 13.0 Å². The van der Waals surface area contributed by atoms with Crippen LogP contribution in [-0.2, 0) is 4.79 Å².